The van der Waals surface area contributed by atoms with Gasteiger partial charge in [0.2, 0.25) is 15.9 Å². The van der Waals surface area contributed by atoms with Crippen LogP contribution < -0.4 is 10.2 Å². The number of hydrogen-bond donors (Lipinski definition) is 1. The van der Waals surface area contributed by atoms with Crippen LogP contribution in [0.15, 0.2) is 29.2 Å². The molecule has 2 aliphatic rings. The zero-order chi connectivity index (χ0) is 16.4. The maximum Gasteiger partial charge on any atom is 0.243 e. The first kappa shape index (κ1) is 19.2. The van der Waals surface area contributed by atoms with E-state index in [1.165, 1.54) is 0 Å². The molecule has 1 aromatic carbocycles. The molecule has 1 amide bonds. The summed E-state index contributed by atoms with van der Waals surface area (Å²) >= 11 is 0. The zero-order valence-electron chi connectivity index (χ0n) is 13.8. The van der Waals surface area contributed by atoms with E-state index in [0.717, 1.165) is 25.1 Å². The molecule has 0 aliphatic carbocycles. The first-order chi connectivity index (χ1) is 11.0. The van der Waals surface area contributed by atoms with E-state index < -0.39 is 10.0 Å². The molecule has 6 nitrogen and oxygen atoms in total. The van der Waals surface area contributed by atoms with Crippen molar-refractivity contribution in [3.63, 3.8) is 0 Å². The molecule has 2 saturated heterocycles. The van der Waals surface area contributed by atoms with Gasteiger partial charge in [0.1, 0.15) is 0 Å². The van der Waals surface area contributed by atoms with E-state index in [-0.39, 0.29) is 18.3 Å². The summed E-state index contributed by atoms with van der Waals surface area (Å²) in [5.41, 5.74) is 0.779. The lowest BCUT2D eigenvalue weighted by molar-refractivity contribution is -0.117. The number of carbonyl (C=O) groups is 1. The standard InChI is InChI=1S/C16H23N3O3S.ClH/c1-17-11-13-8-10-18(12-13)23(21,22)15-6-4-14(5-7-15)19-9-2-3-16(19)20;/h4-7,13,17H,2-3,8-12H2,1H3;1H. The molecule has 3 rings (SSSR count). The summed E-state index contributed by atoms with van der Waals surface area (Å²) in [4.78, 5) is 13.8. The Morgan fingerprint density at radius 1 is 1.21 bits per heavy atom. The number of hydrogen-bond acceptors (Lipinski definition) is 4. The van der Waals surface area contributed by atoms with Gasteiger partial charge in [0.15, 0.2) is 0 Å². The van der Waals surface area contributed by atoms with Crippen molar-refractivity contribution in [2.24, 2.45) is 5.92 Å². The third-order valence-corrected chi connectivity index (χ3v) is 6.48. The van der Waals surface area contributed by atoms with E-state index in [1.807, 2.05) is 7.05 Å². The Labute approximate surface area is 149 Å². The normalized spacial score (nSPS) is 22.0. The van der Waals surface area contributed by atoms with Crippen LogP contribution in [0.25, 0.3) is 0 Å². The van der Waals surface area contributed by atoms with E-state index in [0.29, 0.717) is 36.9 Å². The highest BCUT2D eigenvalue weighted by Crippen LogP contribution is 2.27. The van der Waals surface area contributed by atoms with E-state index in [9.17, 15) is 13.2 Å². The fraction of sp³-hybridized carbons (Fsp3) is 0.562. The molecule has 1 atom stereocenters. The molecule has 0 spiro atoms. The minimum atomic E-state index is -3.44. The summed E-state index contributed by atoms with van der Waals surface area (Å²) < 4.78 is 27.0. The van der Waals surface area contributed by atoms with Crippen molar-refractivity contribution in [3.05, 3.63) is 24.3 Å². The van der Waals surface area contributed by atoms with Gasteiger partial charge in [-0.25, -0.2) is 8.42 Å². The van der Waals surface area contributed by atoms with Crippen LogP contribution in [0.4, 0.5) is 5.69 Å². The number of nitrogens with zero attached hydrogens (tertiary/aromatic N) is 2. The highest BCUT2D eigenvalue weighted by Gasteiger charge is 2.32. The zero-order valence-corrected chi connectivity index (χ0v) is 15.4. The lowest BCUT2D eigenvalue weighted by atomic mass is 10.1. The minimum absolute atomic E-state index is 0. The van der Waals surface area contributed by atoms with Crippen LogP contribution in [0.3, 0.4) is 0 Å². The Morgan fingerprint density at radius 3 is 2.50 bits per heavy atom. The quantitative estimate of drug-likeness (QED) is 0.848. The van der Waals surface area contributed by atoms with Gasteiger partial charge in [0.25, 0.3) is 0 Å². The number of sulfonamides is 1. The van der Waals surface area contributed by atoms with Crippen LogP contribution in [-0.4, -0.2) is 51.9 Å². The molecule has 0 saturated carbocycles. The fourth-order valence-electron chi connectivity index (χ4n) is 3.34. The summed E-state index contributed by atoms with van der Waals surface area (Å²) in [5.74, 6) is 0.478. The molecule has 1 aromatic rings. The van der Waals surface area contributed by atoms with Gasteiger partial charge in [-0.3, -0.25) is 4.79 Å². The average molecular weight is 374 g/mol. The number of halogens is 1. The monoisotopic (exact) mass is 373 g/mol. The molecule has 0 bridgehead atoms. The molecule has 2 fully saturated rings. The lowest BCUT2D eigenvalue weighted by Crippen LogP contribution is -2.30. The van der Waals surface area contributed by atoms with Crippen molar-refractivity contribution in [1.29, 1.82) is 0 Å². The molecule has 24 heavy (non-hydrogen) atoms. The number of rotatable bonds is 5. The maximum atomic E-state index is 12.7. The molecule has 1 N–H and O–H groups in total. The first-order valence-electron chi connectivity index (χ1n) is 8.07. The van der Waals surface area contributed by atoms with Crippen molar-refractivity contribution >= 4 is 34.0 Å². The molecular weight excluding hydrogens is 350 g/mol. The third-order valence-electron chi connectivity index (χ3n) is 4.60. The van der Waals surface area contributed by atoms with Gasteiger partial charge >= 0.3 is 0 Å². The van der Waals surface area contributed by atoms with Gasteiger partial charge < -0.3 is 10.2 Å². The Balaban J connectivity index is 0.00000208. The number of carbonyl (C=O) groups excluding carboxylic acids is 1. The summed E-state index contributed by atoms with van der Waals surface area (Å²) in [5, 5.41) is 3.11. The Morgan fingerprint density at radius 2 is 1.92 bits per heavy atom. The minimum Gasteiger partial charge on any atom is -0.319 e. The number of amides is 1. The predicted molar refractivity (Wildman–Crippen MR) is 96.1 cm³/mol. The van der Waals surface area contributed by atoms with Crippen LogP contribution in [0.5, 0.6) is 0 Å². The van der Waals surface area contributed by atoms with Gasteiger partial charge in [-0.2, -0.15) is 4.31 Å². The summed E-state index contributed by atoms with van der Waals surface area (Å²) in [6.45, 7) is 2.68. The highest BCUT2D eigenvalue weighted by molar-refractivity contribution is 7.89. The highest BCUT2D eigenvalue weighted by atomic mass is 35.5. The summed E-state index contributed by atoms with van der Waals surface area (Å²) in [7, 11) is -1.56. The Hall–Kier alpha value is -1.15. The van der Waals surface area contributed by atoms with Gasteiger partial charge in [-0.1, -0.05) is 0 Å². The van der Waals surface area contributed by atoms with Crippen molar-refractivity contribution in [2.75, 3.05) is 38.1 Å². The van der Waals surface area contributed by atoms with E-state index in [2.05, 4.69) is 5.32 Å². The average Bonchev–Trinajstić information content (AvgIpc) is 3.17. The molecule has 0 radical (unpaired) electrons. The second-order valence-electron chi connectivity index (χ2n) is 6.22. The lowest BCUT2D eigenvalue weighted by Gasteiger charge is -2.19. The van der Waals surface area contributed by atoms with E-state index >= 15 is 0 Å². The van der Waals surface area contributed by atoms with Crippen molar-refractivity contribution < 1.29 is 13.2 Å². The van der Waals surface area contributed by atoms with Gasteiger partial charge in [0, 0.05) is 31.7 Å². The van der Waals surface area contributed by atoms with Crippen molar-refractivity contribution in [3.8, 4) is 0 Å². The topological polar surface area (TPSA) is 69.7 Å². The Kier molecular flexibility index (Phi) is 6.25. The summed E-state index contributed by atoms with van der Waals surface area (Å²) in [6, 6.07) is 6.69. The largest absolute Gasteiger partial charge is 0.319 e. The second-order valence-corrected chi connectivity index (χ2v) is 8.16. The third kappa shape index (κ3) is 3.74. The van der Waals surface area contributed by atoms with Crippen molar-refractivity contribution in [2.45, 2.75) is 24.2 Å². The fourth-order valence-corrected chi connectivity index (χ4v) is 4.87. The first-order valence-corrected chi connectivity index (χ1v) is 9.51. The number of benzene rings is 1. The van der Waals surface area contributed by atoms with E-state index in [4.69, 9.17) is 0 Å². The van der Waals surface area contributed by atoms with Crippen LogP contribution in [0.1, 0.15) is 19.3 Å². The van der Waals surface area contributed by atoms with Crippen LogP contribution in [-0.2, 0) is 14.8 Å². The molecular formula is C16H24ClN3O3S. The van der Waals surface area contributed by atoms with Crippen molar-refractivity contribution in [1.82, 2.24) is 9.62 Å². The SMILES string of the molecule is CNCC1CCN(S(=O)(=O)c2ccc(N3CCCC3=O)cc2)C1.Cl. The summed E-state index contributed by atoms with van der Waals surface area (Å²) in [6.07, 6.45) is 2.32. The molecule has 1 unspecified atom stereocenters. The number of anilines is 1. The van der Waals surface area contributed by atoms with Crippen LogP contribution in [0, 0.1) is 5.92 Å². The van der Waals surface area contributed by atoms with Gasteiger partial charge in [0.05, 0.1) is 4.90 Å². The maximum absolute atomic E-state index is 12.7. The second kappa shape index (κ2) is 7.82. The number of nitrogens with one attached hydrogen (secondary N) is 1. The van der Waals surface area contributed by atoms with Crippen LogP contribution >= 0.6 is 12.4 Å². The van der Waals surface area contributed by atoms with Gasteiger partial charge in [-0.05, 0) is 56.6 Å². The van der Waals surface area contributed by atoms with Gasteiger partial charge in [-0.15, -0.1) is 12.4 Å². The van der Waals surface area contributed by atoms with E-state index in [1.54, 1.807) is 33.5 Å². The Bertz CT molecular complexity index is 678. The van der Waals surface area contributed by atoms with Crippen LogP contribution in [0.2, 0.25) is 0 Å². The molecule has 2 aliphatic heterocycles. The molecule has 0 aromatic heterocycles. The molecule has 134 valence electrons. The molecule has 8 heteroatoms. The smallest absolute Gasteiger partial charge is 0.243 e. The predicted octanol–water partition coefficient (Wildman–Crippen LogP) is 1.47. The molecule has 2 heterocycles.